The number of hydrogen-bond donors (Lipinski definition) is 10. The molecule has 2 fully saturated rings. The zero-order chi connectivity index (χ0) is 39.0. The molecule has 4 aromatic rings. The molecule has 2 aliphatic rings. The minimum atomic E-state index is -2.08. The lowest BCUT2D eigenvalue weighted by molar-refractivity contribution is -0.319. The highest BCUT2D eigenvalue weighted by Gasteiger charge is 2.50. The van der Waals surface area contributed by atoms with Crippen LogP contribution >= 0.6 is 0 Å². The molecule has 1 aromatic heterocycles. The molecule has 54 heavy (non-hydrogen) atoms. The Hall–Kier alpha value is -5.44. The standard InChI is InChI=1S/C36H36O18/c1-14-26(43)28(45)30(47)35(50-14)49-13-23-33(53-24(42)9-4-15-2-6-17(37)7-3-15)29(46)31(48)36(52-23)54-34-27(44)25-21(41)11-18(38)12-22(25)51-32(34)16-5-8-19(39)20(40)10-16/h2-12,14,23,26,28-31,33,35-41,43,45-48H,13H2,1H3/b9-4-/t14-,23+,26-,28+,29+,30+,31+,33-,35-,36-/m0/s1. The molecule has 10 atom stereocenters. The number of fused-ring (bicyclic) bond motifs is 1. The zero-order valence-electron chi connectivity index (χ0n) is 28.1. The Bertz CT molecular complexity index is 2080. The molecule has 6 rings (SSSR count). The van der Waals surface area contributed by atoms with E-state index in [1.807, 2.05) is 0 Å². The van der Waals surface area contributed by atoms with Crippen LogP contribution in [-0.2, 0) is 23.7 Å². The van der Waals surface area contributed by atoms with Crippen LogP contribution in [0, 0.1) is 0 Å². The van der Waals surface area contributed by atoms with Crippen molar-refractivity contribution in [3.8, 4) is 45.8 Å². The molecule has 2 saturated heterocycles. The van der Waals surface area contributed by atoms with E-state index >= 15 is 0 Å². The second-order valence-corrected chi connectivity index (χ2v) is 12.6. The van der Waals surface area contributed by atoms with Gasteiger partial charge in [0, 0.05) is 23.8 Å². The predicted octanol–water partition coefficient (Wildman–Crippen LogP) is 0.283. The summed E-state index contributed by atoms with van der Waals surface area (Å²) < 4.78 is 34.1. The smallest absolute Gasteiger partial charge is 0.331 e. The highest BCUT2D eigenvalue weighted by Crippen LogP contribution is 2.39. The fourth-order valence-corrected chi connectivity index (χ4v) is 5.89. The first-order valence-corrected chi connectivity index (χ1v) is 16.3. The van der Waals surface area contributed by atoms with E-state index in [0.29, 0.717) is 5.56 Å². The van der Waals surface area contributed by atoms with Crippen molar-refractivity contribution in [1.82, 2.24) is 0 Å². The third-order valence-electron chi connectivity index (χ3n) is 8.82. The lowest BCUT2D eigenvalue weighted by Crippen LogP contribution is -2.62. The van der Waals surface area contributed by atoms with Crippen molar-refractivity contribution in [3.63, 3.8) is 0 Å². The highest BCUT2D eigenvalue weighted by atomic mass is 16.7. The van der Waals surface area contributed by atoms with Gasteiger partial charge in [0.05, 0.1) is 12.7 Å². The Labute approximate surface area is 304 Å². The van der Waals surface area contributed by atoms with E-state index in [0.717, 1.165) is 30.3 Å². The molecule has 18 heteroatoms. The van der Waals surface area contributed by atoms with Gasteiger partial charge >= 0.3 is 5.97 Å². The normalized spacial score (nSPS) is 28.6. The van der Waals surface area contributed by atoms with Gasteiger partial charge in [-0.15, -0.1) is 0 Å². The van der Waals surface area contributed by atoms with Gasteiger partial charge in [-0.1, -0.05) is 12.1 Å². The van der Waals surface area contributed by atoms with Gasteiger partial charge < -0.3 is 79.2 Å². The summed E-state index contributed by atoms with van der Waals surface area (Å²) in [6.45, 7) is 0.716. The van der Waals surface area contributed by atoms with Crippen LogP contribution in [0.2, 0.25) is 0 Å². The van der Waals surface area contributed by atoms with Crippen molar-refractivity contribution in [2.75, 3.05) is 6.61 Å². The first-order valence-electron chi connectivity index (χ1n) is 16.3. The van der Waals surface area contributed by atoms with Gasteiger partial charge in [0.15, 0.2) is 29.7 Å². The van der Waals surface area contributed by atoms with Crippen LogP contribution in [0.25, 0.3) is 28.4 Å². The fourth-order valence-electron chi connectivity index (χ4n) is 5.89. The molecule has 288 valence electrons. The number of carbonyl (C=O) groups excluding carboxylic acids is 1. The quantitative estimate of drug-likeness (QED) is 0.0623. The molecular weight excluding hydrogens is 720 g/mol. The van der Waals surface area contributed by atoms with Crippen LogP contribution in [0.5, 0.6) is 34.5 Å². The van der Waals surface area contributed by atoms with Gasteiger partial charge in [-0.3, -0.25) is 4.79 Å². The Balaban J connectivity index is 1.34. The van der Waals surface area contributed by atoms with Crippen LogP contribution in [0.3, 0.4) is 0 Å². The molecule has 0 amide bonds. The lowest BCUT2D eigenvalue weighted by Gasteiger charge is -2.43. The summed E-state index contributed by atoms with van der Waals surface area (Å²) in [6.07, 6.45) is -14.6. The molecule has 10 N–H and O–H groups in total. The van der Waals surface area contributed by atoms with Crippen LogP contribution < -0.4 is 10.2 Å². The van der Waals surface area contributed by atoms with E-state index < -0.39 is 119 Å². The van der Waals surface area contributed by atoms with Gasteiger partial charge in [0.2, 0.25) is 17.5 Å². The van der Waals surface area contributed by atoms with Gasteiger partial charge in [-0.2, -0.15) is 0 Å². The number of rotatable bonds is 9. The summed E-state index contributed by atoms with van der Waals surface area (Å²) in [6, 6.07) is 10.9. The van der Waals surface area contributed by atoms with E-state index in [-0.39, 0.29) is 16.9 Å². The Morgan fingerprint density at radius 1 is 0.759 bits per heavy atom. The lowest BCUT2D eigenvalue weighted by atomic mass is 9.98. The third kappa shape index (κ3) is 7.77. The molecule has 3 aromatic carbocycles. The number of aromatic hydroxyl groups is 5. The van der Waals surface area contributed by atoms with Crippen molar-refractivity contribution in [1.29, 1.82) is 0 Å². The average Bonchev–Trinajstić information content (AvgIpc) is 3.13. The predicted molar refractivity (Wildman–Crippen MR) is 181 cm³/mol. The van der Waals surface area contributed by atoms with Crippen molar-refractivity contribution in [2.24, 2.45) is 0 Å². The number of phenols is 5. The van der Waals surface area contributed by atoms with E-state index in [9.17, 15) is 60.7 Å². The molecule has 0 spiro atoms. The maximum atomic E-state index is 13.9. The fraction of sp³-hybridized carbons (Fsp3) is 0.333. The summed E-state index contributed by atoms with van der Waals surface area (Å²) in [7, 11) is 0. The van der Waals surface area contributed by atoms with E-state index in [1.54, 1.807) is 0 Å². The average molecular weight is 757 g/mol. The minimum Gasteiger partial charge on any atom is -0.508 e. The summed E-state index contributed by atoms with van der Waals surface area (Å²) >= 11 is 0. The Morgan fingerprint density at radius 2 is 1.46 bits per heavy atom. The van der Waals surface area contributed by atoms with Crippen LogP contribution in [0.4, 0.5) is 0 Å². The van der Waals surface area contributed by atoms with Crippen LogP contribution in [0.15, 0.2) is 69.9 Å². The minimum absolute atomic E-state index is 0.0137. The first kappa shape index (κ1) is 38.3. The summed E-state index contributed by atoms with van der Waals surface area (Å²) in [4.78, 5) is 26.8. The zero-order valence-corrected chi connectivity index (χ0v) is 28.1. The van der Waals surface area contributed by atoms with Gasteiger partial charge in [0.25, 0.3) is 0 Å². The maximum absolute atomic E-state index is 13.9. The molecule has 0 radical (unpaired) electrons. The maximum Gasteiger partial charge on any atom is 0.331 e. The topological polar surface area (TPSA) is 296 Å². The number of aliphatic hydroxyl groups excluding tert-OH is 5. The SMILES string of the molecule is C[C@@H]1O[C@H](OC[C@H]2O[C@@H](Oc3c(-c4ccc(O)c(O)c4)oc4cc(O)cc(O)c4c3=O)[C@H](O)[C@@H](O)[C@H]2OC(=O)/C=C\c2ccc(O)cc2)[C@H](O)[C@H](O)[C@H]1O. The number of ether oxygens (including phenoxy) is 5. The van der Waals surface area contributed by atoms with Gasteiger partial charge in [-0.25, -0.2) is 4.79 Å². The number of carbonyl (C=O) groups is 1. The third-order valence-corrected chi connectivity index (χ3v) is 8.82. The monoisotopic (exact) mass is 756 g/mol. The van der Waals surface area contributed by atoms with E-state index in [4.69, 9.17) is 28.1 Å². The van der Waals surface area contributed by atoms with Crippen molar-refractivity contribution in [3.05, 3.63) is 76.5 Å². The molecule has 3 heterocycles. The number of benzene rings is 3. The summed E-state index contributed by atoms with van der Waals surface area (Å²) in [5.41, 5.74) is -0.977. The number of phenolic OH excluding ortho intramolecular Hbond substituents is 5. The molecule has 0 bridgehead atoms. The number of hydrogen-bond acceptors (Lipinski definition) is 18. The van der Waals surface area contributed by atoms with Crippen molar-refractivity contribution in [2.45, 2.75) is 68.3 Å². The molecule has 0 saturated carbocycles. The number of aliphatic hydroxyl groups is 5. The van der Waals surface area contributed by atoms with Gasteiger partial charge in [0.1, 0.15) is 64.8 Å². The van der Waals surface area contributed by atoms with Crippen LogP contribution in [-0.4, -0.2) is 125 Å². The Morgan fingerprint density at radius 3 is 2.17 bits per heavy atom. The second-order valence-electron chi connectivity index (χ2n) is 12.6. The van der Waals surface area contributed by atoms with Crippen LogP contribution in [0.1, 0.15) is 12.5 Å². The molecule has 0 unspecified atom stereocenters. The summed E-state index contributed by atoms with van der Waals surface area (Å²) in [5.74, 6) is -4.59. The van der Waals surface area contributed by atoms with Crippen molar-refractivity contribution < 1.29 is 84.0 Å². The molecule has 0 aliphatic carbocycles. The van der Waals surface area contributed by atoms with E-state index in [1.165, 1.54) is 43.3 Å². The second kappa shape index (κ2) is 15.5. The molecule has 18 nitrogen and oxygen atoms in total. The van der Waals surface area contributed by atoms with Gasteiger partial charge in [-0.05, 0) is 48.9 Å². The first-order chi connectivity index (χ1) is 25.6. The number of esters is 1. The van der Waals surface area contributed by atoms with Crippen molar-refractivity contribution >= 4 is 23.0 Å². The summed E-state index contributed by atoms with van der Waals surface area (Å²) in [5, 5.41) is 103. The Kier molecular flexibility index (Phi) is 11.0. The largest absolute Gasteiger partial charge is 0.508 e. The molecular formula is C36H36O18. The van der Waals surface area contributed by atoms with E-state index in [2.05, 4.69) is 0 Å². The highest BCUT2D eigenvalue weighted by molar-refractivity contribution is 5.88. The molecule has 2 aliphatic heterocycles.